The summed E-state index contributed by atoms with van der Waals surface area (Å²) in [4.78, 5) is 14.8. The molecular formula is C24H30N2O2. The molecule has 148 valence electrons. The van der Waals surface area contributed by atoms with Crippen LogP contribution in [0, 0.1) is 5.92 Å². The summed E-state index contributed by atoms with van der Waals surface area (Å²) in [6, 6.07) is 21.9. The number of hydrogen-bond donors (Lipinski definition) is 1. The van der Waals surface area contributed by atoms with E-state index in [0.717, 1.165) is 18.7 Å². The first kappa shape index (κ1) is 19.0. The number of benzene rings is 2. The molecule has 28 heavy (non-hydrogen) atoms. The molecule has 2 aliphatic rings. The van der Waals surface area contributed by atoms with Crippen LogP contribution >= 0.6 is 0 Å². The molecule has 2 aromatic rings. The van der Waals surface area contributed by atoms with E-state index < -0.39 is 0 Å². The highest BCUT2D eigenvalue weighted by Crippen LogP contribution is 2.37. The number of alkyl carbamates (subject to hydrolysis) is 1. The van der Waals surface area contributed by atoms with E-state index in [0.29, 0.717) is 24.6 Å². The Kier molecular flexibility index (Phi) is 6.27. The number of hydrogen-bond acceptors (Lipinski definition) is 3. The topological polar surface area (TPSA) is 41.6 Å². The summed E-state index contributed by atoms with van der Waals surface area (Å²) in [5.41, 5.74) is 2.42. The summed E-state index contributed by atoms with van der Waals surface area (Å²) < 4.78 is 5.35. The fourth-order valence-corrected chi connectivity index (χ4v) is 4.81. The van der Waals surface area contributed by atoms with E-state index in [1.807, 2.05) is 30.3 Å². The maximum atomic E-state index is 12.1. The second-order valence-corrected chi connectivity index (χ2v) is 8.18. The monoisotopic (exact) mass is 378 g/mol. The fraction of sp³-hybridized carbons (Fsp3) is 0.458. The number of amides is 1. The number of fused-ring (bicyclic) bond motifs is 2. The lowest BCUT2D eigenvalue weighted by molar-refractivity contribution is 0.00687. The van der Waals surface area contributed by atoms with Gasteiger partial charge in [-0.3, -0.25) is 4.90 Å². The Hall–Kier alpha value is -2.33. The van der Waals surface area contributed by atoms with E-state index in [1.54, 1.807) is 0 Å². The lowest BCUT2D eigenvalue weighted by Gasteiger charge is -2.49. The standard InChI is InChI=1S/C24H30N2O2/c27-24(28-18-20-10-5-2-6-11-20)25-16-21-14-22-12-7-13-23(15-21)26(22)17-19-8-3-1-4-9-19/h1-6,8-11,21-23H,7,12-18H2,(H,25,27). The number of nitrogens with zero attached hydrogens (tertiary/aromatic N) is 1. The minimum Gasteiger partial charge on any atom is -0.445 e. The van der Waals surface area contributed by atoms with Crippen LogP contribution in [0.25, 0.3) is 0 Å². The number of piperidine rings is 2. The summed E-state index contributed by atoms with van der Waals surface area (Å²) >= 11 is 0. The molecule has 4 nitrogen and oxygen atoms in total. The van der Waals surface area contributed by atoms with Gasteiger partial charge in [-0.15, -0.1) is 0 Å². The SMILES string of the molecule is O=C(NCC1CC2CCCC(C1)N2Cc1ccccc1)OCc1ccccc1. The average Bonchev–Trinajstić information content (AvgIpc) is 2.72. The molecule has 0 spiro atoms. The molecule has 2 unspecified atom stereocenters. The summed E-state index contributed by atoms with van der Waals surface area (Å²) in [6.45, 7) is 2.10. The molecule has 2 aliphatic heterocycles. The molecule has 2 aromatic carbocycles. The second kappa shape index (κ2) is 9.24. The molecule has 0 aliphatic carbocycles. The molecule has 0 radical (unpaired) electrons. The predicted molar refractivity (Wildman–Crippen MR) is 111 cm³/mol. The molecule has 4 rings (SSSR count). The van der Waals surface area contributed by atoms with Gasteiger partial charge in [0.05, 0.1) is 0 Å². The van der Waals surface area contributed by atoms with Crippen molar-refractivity contribution in [3.05, 3.63) is 71.8 Å². The van der Waals surface area contributed by atoms with E-state index in [-0.39, 0.29) is 6.09 Å². The quantitative estimate of drug-likeness (QED) is 0.789. The van der Waals surface area contributed by atoms with Crippen molar-refractivity contribution in [3.8, 4) is 0 Å². The zero-order chi connectivity index (χ0) is 19.2. The van der Waals surface area contributed by atoms with Crippen LogP contribution < -0.4 is 5.32 Å². The smallest absolute Gasteiger partial charge is 0.407 e. The Morgan fingerprint density at radius 3 is 2.18 bits per heavy atom. The van der Waals surface area contributed by atoms with Crippen molar-refractivity contribution in [1.29, 1.82) is 0 Å². The summed E-state index contributed by atoms with van der Waals surface area (Å²) in [7, 11) is 0. The predicted octanol–water partition coefficient (Wildman–Crippen LogP) is 4.75. The van der Waals surface area contributed by atoms with Crippen molar-refractivity contribution in [2.24, 2.45) is 5.92 Å². The molecule has 2 heterocycles. The Bertz CT molecular complexity index is 736. The number of ether oxygens (including phenoxy) is 1. The van der Waals surface area contributed by atoms with E-state index in [4.69, 9.17) is 4.74 Å². The first-order valence-electron chi connectivity index (χ1n) is 10.5. The minimum atomic E-state index is -0.305. The Labute approximate surface area is 167 Å². The molecule has 1 amide bonds. The highest BCUT2D eigenvalue weighted by atomic mass is 16.5. The van der Waals surface area contributed by atoms with Gasteiger partial charge in [0, 0.05) is 25.2 Å². The number of carbonyl (C=O) groups excluding carboxylic acids is 1. The Morgan fingerprint density at radius 1 is 0.929 bits per heavy atom. The molecule has 0 saturated carbocycles. The van der Waals surface area contributed by atoms with Gasteiger partial charge in [-0.05, 0) is 42.7 Å². The molecule has 2 fully saturated rings. The van der Waals surface area contributed by atoms with Gasteiger partial charge in [-0.25, -0.2) is 4.79 Å². The number of nitrogens with one attached hydrogen (secondary N) is 1. The average molecular weight is 379 g/mol. The van der Waals surface area contributed by atoms with Crippen molar-refractivity contribution in [3.63, 3.8) is 0 Å². The van der Waals surface area contributed by atoms with Crippen LogP contribution in [0.5, 0.6) is 0 Å². The molecule has 0 aromatic heterocycles. The highest BCUT2D eigenvalue weighted by molar-refractivity contribution is 5.67. The lowest BCUT2D eigenvalue weighted by Crippen LogP contribution is -2.52. The lowest BCUT2D eigenvalue weighted by atomic mass is 9.78. The Morgan fingerprint density at radius 2 is 1.54 bits per heavy atom. The van der Waals surface area contributed by atoms with E-state index in [2.05, 4.69) is 40.5 Å². The zero-order valence-corrected chi connectivity index (χ0v) is 16.4. The van der Waals surface area contributed by atoms with Crippen LogP contribution in [0.4, 0.5) is 4.79 Å². The summed E-state index contributed by atoms with van der Waals surface area (Å²) in [5, 5.41) is 3.00. The minimum absolute atomic E-state index is 0.305. The van der Waals surface area contributed by atoms with Crippen LogP contribution in [0.3, 0.4) is 0 Å². The third-order valence-electron chi connectivity index (χ3n) is 6.18. The van der Waals surface area contributed by atoms with Crippen molar-refractivity contribution >= 4 is 6.09 Å². The van der Waals surface area contributed by atoms with Gasteiger partial charge >= 0.3 is 6.09 Å². The highest BCUT2D eigenvalue weighted by Gasteiger charge is 2.38. The van der Waals surface area contributed by atoms with Gasteiger partial charge in [0.25, 0.3) is 0 Å². The first-order chi connectivity index (χ1) is 13.8. The molecule has 2 bridgehead atoms. The van der Waals surface area contributed by atoms with Crippen molar-refractivity contribution in [2.75, 3.05) is 6.54 Å². The van der Waals surface area contributed by atoms with Gasteiger partial charge in [0.15, 0.2) is 0 Å². The van der Waals surface area contributed by atoms with E-state index in [9.17, 15) is 4.79 Å². The van der Waals surface area contributed by atoms with Crippen LogP contribution in [0.1, 0.15) is 43.2 Å². The third kappa shape index (κ3) is 4.93. The largest absolute Gasteiger partial charge is 0.445 e. The molecule has 2 saturated heterocycles. The normalized spacial score (nSPS) is 24.5. The summed E-state index contributed by atoms with van der Waals surface area (Å²) in [6.07, 6.45) is 5.92. The maximum absolute atomic E-state index is 12.1. The number of carbonyl (C=O) groups is 1. The van der Waals surface area contributed by atoms with Crippen LogP contribution in [-0.4, -0.2) is 29.6 Å². The van der Waals surface area contributed by atoms with Crippen molar-refractivity contribution < 1.29 is 9.53 Å². The third-order valence-corrected chi connectivity index (χ3v) is 6.18. The van der Waals surface area contributed by atoms with Crippen molar-refractivity contribution in [2.45, 2.75) is 57.3 Å². The van der Waals surface area contributed by atoms with E-state index >= 15 is 0 Å². The molecule has 1 N–H and O–H groups in total. The van der Waals surface area contributed by atoms with Gasteiger partial charge in [0.1, 0.15) is 6.61 Å². The van der Waals surface area contributed by atoms with Gasteiger partial charge in [-0.1, -0.05) is 67.1 Å². The fourth-order valence-electron chi connectivity index (χ4n) is 4.81. The molecule has 4 heteroatoms. The maximum Gasteiger partial charge on any atom is 0.407 e. The number of rotatable bonds is 6. The zero-order valence-electron chi connectivity index (χ0n) is 16.4. The second-order valence-electron chi connectivity index (χ2n) is 8.18. The van der Waals surface area contributed by atoms with Crippen LogP contribution in [0.15, 0.2) is 60.7 Å². The van der Waals surface area contributed by atoms with Crippen molar-refractivity contribution in [1.82, 2.24) is 10.2 Å². The van der Waals surface area contributed by atoms with Gasteiger partial charge in [0.2, 0.25) is 0 Å². The summed E-state index contributed by atoms with van der Waals surface area (Å²) in [5.74, 6) is 0.548. The van der Waals surface area contributed by atoms with Crippen LogP contribution in [0.2, 0.25) is 0 Å². The van der Waals surface area contributed by atoms with E-state index in [1.165, 1.54) is 37.7 Å². The molecular weight excluding hydrogens is 348 g/mol. The van der Waals surface area contributed by atoms with Gasteiger partial charge in [-0.2, -0.15) is 0 Å². The Balaban J connectivity index is 1.25. The molecule has 2 atom stereocenters. The van der Waals surface area contributed by atoms with Crippen LogP contribution in [-0.2, 0) is 17.9 Å². The first-order valence-corrected chi connectivity index (χ1v) is 10.5. The van der Waals surface area contributed by atoms with Gasteiger partial charge < -0.3 is 10.1 Å².